The van der Waals surface area contributed by atoms with Crippen LogP contribution in [0, 0.1) is 0 Å². The van der Waals surface area contributed by atoms with Gasteiger partial charge in [-0.15, -0.1) is 24.8 Å². The molecule has 0 aliphatic carbocycles. The molecule has 2 nitrogen and oxygen atoms in total. The van der Waals surface area contributed by atoms with Crippen LogP contribution in [0.5, 0.6) is 0 Å². The molecule has 21 heavy (non-hydrogen) atoms. The molecule has 0 saturated carbocycles. The van der Waals surface area contributed by atoms with E-state index in [0.717, 1.165) is 38.2 Å². The van der Waals surface area contributed by atoms with Crippen LogP contribution < -0.4 is 5.32 Å². The highest BCUT2D eigenvalue weighted by Crippen LogP contribution is 2.31. The third-order valence-corrected chi connectivity index (χ3v) is 3.60. The topological polar surface area (TPSA) is 15.3 Å². The van der Waals surface area contributed by atoms with E-state index in [1.807, 2.05) is 0 Å². The summed E-state index contributed by atoms with van der Waals surface area (Å²) in [7, 11) is 0. The zero-order chi connectivity index (χ0) is 13.9. The molecule has 1 aliphatic rings. The standard InChI is InChI=1S/C14H19F3N2.2ClH/c1-2-13(19-9-7-18-8-10-19)11-3-5-12(6-4-11)14(15,16)17;;/h3-6,13,18H,2,7-10H2,1H3;2*1H/t13-;;/m0../s1. The monoisotopic (exact) mass is 344 g/mol. The number of hydrogen-bond acceptors (Lipinski definition) is 2. The molecule has 1 aliphatic heterocycles. The Morgan fingerprint density at radius 3 is 2.05 bits per heavy atom. The lowest BCUT2D eigenvalue weighted by atomic mass is 10.0. The maximum atomic E-state index is 12.5. The minimum absolute atomic E-state index is 0. The first-order valence-electron chi connectivity index (χ1n) is 6.64. The van der Waals surface area contributed by atoms with E-state index >= 15 is 0 Å². The van der Waals surface area contributed by atoms with Gasteiger partial charge in [-0.05, 0) is 24.1 Å². The van der Waals surface area contributed by atoms with Gasteiger partial charge in [-0.3, -0.25) is 4.90 Å². The van der Waals surface area contributed by atoms with E-state index in [0.29, 0.717) is 0 Å². The molecule has 1 fully saturated rings. The maximum Gasteiger partial charge on any atom is 0.416 e. The molecule has 1 atom stereocenters. The molecular formula is C14H21Cl2F3N2. The first-order chi connectivity index (χ1) is 9.02. The first kappa shape index (κ1) is 20.5. The molecule has 0 aromatic heterocycles. The van der Waals surface area contributed by atoms with Crippen LogP contribution in [0.1, 0.15) is 30.5 Å². The summed E-state index contributed by atoms with van der Waals surface area (Å²) in [6.45, 7) is 5.84. The minimum Gasteiger partial charge on any atom is -0.314 e. The molecule has 0 radical (unpaired) electrons. The molecule has 1 N–H and O–H groups in total. The summed E-state index contributed by atoms with van der Waals surface area (Å²) in [4.78, 5) is 2.33. The van der Waals surface area contributed by atoms with Crippen molar-refractivity contribution in [1.29, 1.82) is 0 Å². The lowest BCUT2D eigenvalue weighted by Gasteiger charge is -2.34. The fraction of sp³-hybridized carbons (Fsp3) is 0.571. The van der Waals surface area contributed by atoms with Crippen LogP contribution in [0.4, 0.5) is 13.2 Å². The number of piperazine rings is 1. The third-order valence-electron chi connectivity index (χ3n) is 3.60. The Kier molecular flexibility index (Phi) is 8.63. The highest BCUT2D eigenvalue weighted by molar-refractivity contribution is 5.85. The molecule has 1 heterocycles. The van der Waals surface area contributed by atoms with Crippen LogP contribution in [0.2, 0.25) is 0 Å². The van der Waals surface area contributed by atoms with Crippen molar-refractivity contribution in [3.05, 3.63) is 35.4 Å². The van der Waals surface area contributed by atoms with Gasteiger partial charge in [0.25, 0.3) is 0 Å². The fourth-order valence-corrected chi connectivity index (χ4v) is 2.59. The van der Waals surface area contributed by atoms with E-state index in [1.165, 1.54) is 12.1 Å². The SMILES string of the molecule is CC[C@@H](c1ccc(C(F)(F)F)cc1)N1CCNCC1.Cl.Cl. The number of alkyl halides is 3. The van der Waals surface area contributed by atoms with Gasteiger partial charge in [-0.25, -0.2) is 0 Å². The number of nitrogens with zero attached hydrogens (tertiary/aromatic N) is 1. The van der Waals surface area contributed by atoms with Crippen molar-refractivity contribution in [3.63, 3.8) is 0 Å². The molecular weight excluding hydrogens is 324 g/mol. The summed E-state index contributed by atoms with van der Waals surface area (Å²) in [6, 6.07) is 5.79. The quantitative estimate of drug-likeness (QED) is 0.894. The average Bonchev–Trinajstić information content (AvgIpc) is 2.40. The molecule has 122 valence electrons. The minimum atomic E-state index is -4.25. The van der Waals surface area contributed by atoms with Gasteiger partial charge < -0.3 is 5.32 Å². The van der Waals surface area contributed by atoms with Crippen LogP contribution in [0.15, 0.2) is 24.3 Å². The van der Waals surface area contributed by atoms with Crippen molar-refractivity contribution in [1.82, 2.24) is 10.2 Å². The second-order valence-electron chi connectivity index (χ2n) is 4.83. The predicted octanol–water partition coefficient (Wildman–Crippen LogP) is 3.91. The summed E-state index contributed by atoms with van der Waals surface area (Å²) in [5.74, 6) is 0. The molecule has 2 rings (SSSR count). The van der Waals surface area contributed by atoms with Gasteiger partial charge in [0.2, 0.25) is 0 Å². The van der Waals surface area contributed by atoms with E-state index in [2.05, 4.69) is 17.1 Å². The second kappa shape index (κ2) is 8.83. The highest BCUT2D eigenvalue weighted by Gasteiger charge is 2.30. The summed E-state index contributed by atoms with van der Waals surface area (Å²) < 4.78 is 37.6. The molecule has 0 spiro atoms. The number of nitrogens with one attached hydrogen (secondary N) is 1. The molecule has 0 unspecified atom stereocenters. The van der Waals surface area contributed by atoms with Gasteiger partial charge in [-0.2, -0.15) is 13.2 Å². The molecule has 0 bridgehead atoms. The number of hydrogen-bond donors (Lipinski definition) is 1. The van der Waals surface area contributed by atoms with Gasteiger partial charge in [0.1, 0.15) is 0 Å². The van der Waals surface area contributed by atoms with E-state index < -0.39 is 11.7 Å². The van der Waals surface area contributed by atoms with Crippen LogP contribution in [-0.4, -0.2) is 31.1 Å². The van der Waals surface area contributed by atoms with Crippen LogP contribution >= 0.6 is 24.8 Å². The maximum absolute atomic E-state index is 12.5. The normalized spacial score (nSPS) is 17.5. The second-order valence-corrected chi connectivity index (χ2v) is 4.83. The zero-order valence-electron chi connectivity index (χ0n) is 11.8. The van der Waals surface area contributed by atoms with Gasteiger partial charge in [-0.1, -0.05) is 19.1 Å². The van der Waals surface area contributed by atoms with Gasteiger partial charge in [0.15, 0.2) is 0 Å². The van der Waals surface area contributed by atoms with E-state index in [4.69, 9.17) is 0 Å². The Hall–Kier alpha value is -0.490. The average molecular weight is 345 g/mol. The highest BCUT2D eigenvalue weighted by atomic mass is 35.5. The smallest absolute Gasteiger partial charge is 0.314 e. The third kappa shape index (κ3) is 5.33. The lowest BCUT2D eigenvalue weighted by molar-refractivity contribution is -0.137. The van der Waals surface area contributed by atoms with Crippen molar-refractivity contribution < 1.29 is 13.2 Å². The van der Waals surface area contributed by atoms with E-state index in [1.54, 1.807) is 12.1 Å². The fourth-order valence-electron chi connectivity index (χ4n) is 2.59. The largest absolute Gasteiger partial charge is 0.416 e. The number of benzene rings is 1. The van der Waals surface area contributed by atoms with E-state index in [-0.39, 0.29) is 30.9 Å². The van der Waals surface area contributed by atoms with Gasteiger partial charge >= 0.3 is 6.18 Å². The van der Waals surface area contributed by atoms with Crippen molar-refractivity contribution in [3.8, 4) is 0 Å². The van der Waals surface area contributed by atoms with Crippen molar-refractivity contribution in [2.24, 2.45) is 0 Å². The number of halogens is 5. The lowest BCUT2D eigenvalue weighted by Crippen LogP contribution is -2.45. The van der Waals surface area contributed by atoms with Gasteiger partial charge in [0, 0.05) is 32.2 Å². The van der Waals surface area contributed by atoms with Gasteiger partial charge in [0.05, 0.1) is 5.56 Å². The van der Waals surface area contributed by atoms with Crippen molar-refractivity contribution in [2.75, 3.05) is 26.2 Å². The summed E-state index contributed by atoms with van der Waals surface area (Å²) in [6.07, 6.45) is -3.35. The van der Waals surface area contributed by atoms with Crippen LogP contribution in [0.3, 0.4) is 0 Å². The molecule has 1 aromatic carbocycles. The predicted molar refractivity (Wildman–Crippen MR) is 83.4 cm³/mol. The molecule has 1 saturated heterocycles. The Labute approximate surface area is 135 Å². The summed E-state index contributed by atoms with van der Waals surface area (Å²) in [5.41, 5.74) is 0.392. The Balaban J connectivity index is 0.00000200. The van der Waals surface area contributed by atoms with Crippen LogP contribution in [-0.2, 0) is 6.18 Å². The summed E-state index contributed by atoms with van der Waals surface area (Å²) >= 11 is 0. The molecule has 0 amide bonds. The first-order valence-corrected chi connectivity index (χ1v) is 6.64. The van der Waals surface area contributed by atoms with Crippen molar-refractivity contribution in [2.45, 2.75) is 25.6 Å². The Bertz CT molecular complexity index is 404. The Morgan fingerprint density at radius 1 is 1.10 bits per heavy atom. The zero-order valence-corrected chi connectivity index (χ0v) is 13.5. The van der Waals surface area contributed by atoms with Crippen LogP contribution in [0.25, 0.3) is 0 Å². The molecule has 1 aromatic rings. The molecule has 7 heteroatoms. The van der Waals surface area contributed by atoms with E-state index in [9.17, 15) is 13.2 Å². The van der Waals surface area contributed by atoms with Crippen molar-refractivity contribution >= 4 is 24.8 Å². The Morgan fingerprint density at radius 2 is 1.62 bits per heavy atom. The number of rotatable bonds is 3. The summed E-state index contributed by atoms with van der Waals surface area (Å²) in [5, 5.41) is 3.28.